The van der Waals surface area contributed by atoms with Gasteiger partial charge in [0.2, 0.25) is 0 Å². The maximum absolute atomic E-state index is 12.9. The van der Waals surface area contributed by atoms with Crippen molar-refractivity contribution in [1.29, 1.82) is 0 Å². The van der Waals surface area contributed by atoms with E-state index in [1.54, 1.807) is 4.57 Å². The van der Waals surface area contributed by atoms with Crippen molar-refractivity contribution in [3.8, 4) is 0 Å². The van der Waals surface area contributed by atoms with Crippen LogP contribution in [0, 0.1) is 0 Å². The van der Waals surface area contributed by atoms with Crippen molar-refractivity contribution in [2.45, 2.75) is 102 Å². The van der Waals surface area contributed by atoms with Gasteiger partial charge in [0.25, 0.3) is 10.1 Å². The Morgan fingerprint density at radius 1 is 1.03 bits per heavy atom. The molecule has 4 rings (SSSR count). The van der Waals surface area contributed by atoms with Gasteiger partial charge in [-0.1, -0.05) is 41.5 Å². The molecule has 0 bridgehead atoms. The maximum atomic E-state index is 12.9. The smallest absolute Gasteiger partial charge is 0.292 e. The Balaban J connectivity index is 1.89. The SMILES string of the molecule is CC(C)(C)[Si](C)(C)OC[C@H]1O[C@@H](n2cnc3c(N)ncnc32)[C@H](O[Si](C)(C)C(C)(C)C)[C@@]12OS(=O)(=O)C=C2N. The van der Waals surface area contributed by atoms with Crippen LogP contribution in [0.3, 0.4) is 0 Å². The molecule has 0 aliphatic carbocycles. The molecule has 1 fully saturated rings. The van der Waals surface area contributed by atoms with Crippen LogP contribution in [0.1, 0.15) is 47.8 Å². The Labute approximate surface area is 232 Å². The van der Waals surface area contributed by atoms with Crippen LogP contribution in [0.5, 0.6) is 0 Å². The van der Waals surface area contributed by atoms with Crippen LogP contribution in [0.4, 0.5) is 5.82 Å². The monoisotopic (exact) mass is 598 g/mol. The summed E-state index contributed by atoms with van der Waals surface area (Å²) in [5.74, 6) is 0.213. The van der Waals surface area contributed by atoms with E-state index in [4.69, 9.17) is 29.2 Å². The van der Waals surface area contributed by atoms with Crippen LogP contribution in [0.25, 0.3) is 11.2 Å². The molecule has 4 N–H and O–H groups in total. The number of imidazole rings is 1. The van der Waals surface area contributed by atoms with E-state index in [-0.39, 0.29) is 28.2 Å². The minimum atomic E-state index is -4.11. The standard InChI is InChI=1S/C24H42N6O6SSi2/c1-22(2,3)38(7,8)33-11-16-24(15(25)12-37(31,32)36-24)18(35-39(9,10)23(4,5)6)21(34-16)30-14-29-17-19(26)27-13-28-20(17)30/h12-14,16,18,21H,11,25H2,1-10H3,(H2,26,27,28)/t16-,18+,21-,24+/m1/s1. The van der Waals surface area contributed by atoms with Gasteiger partial charge in [0.1, 0.15) is 24.1 Å². The summed E-state index contributed by atoms with van der Waals surface area (Å²) in [5.41, 5.74) is 11.8. The molecular weight excluding hydrogens is 557 g/mol. The van der Waals surface area contributed by atoms with Crippen molar-refractivity contribution >= 4 is 43.7 Å². The van der Waals surface area contributed by atoms with Crippen molar-refractivity contribution in [3.63, 3.8) is 0 Å². The molecule has 0 unspecified atom stereocenters. The third-order valence-electron chi connectivity index (χ3n) is 8.73. The topological polar surface area (TPSA) is 167 Å². The highest BCUT2D eigenvalue weighted by molar-refractivity contribution is 7.90. The van der Waals surface area contributed by atoms with Gasteiger partial charge in [0, 0.05) is 0 Å². The maximum Gasteiger partial charge on any atom is 0.292 e. The first-order chi connectivity index (χ1) is 17.6. The van der Waals surface area contributed by atoms with Crippen molar-refractivity contribution in [3.05, 3.63) is 23.8 Å². The van der Waals surface area contributed by atoms with Gasteiger partial charge in [0.15, 0.2) is 39.9 Å². The van der Waals surface area contributed by atoms with E-state index in [2.05, 4.69) is 82.7 Å². The van der Waals surface area contributed by atoms with E-state index in [1.807, 2.05) is 0 Å². The molecular formula is C24H42N6O6SSi2. The first-order valence-corrected chi connectivity index (χ1v) is 20.3. The number of fused-ring (bicyclic) bond motifs is 1. The summed E-state index contributed by atoms with van der Waals surface area (Å²) in [6.07, 6.45) is 0.112. The summed E-state index contributed by atoms with van der Waals surface area (Å²) in [7, 11) is -8.94. The molecule has 4 atom stereocenters. The summed E-state index contributed by atoms with van der Waals surface area (Å²) in [5, 5.41) is 0.647. The lowest BCUT2D eigenvalue weighted by atomic mass is 9.89. The lowest BCUT2D eigenvalue weighted by Crippen LogP contribution is -2.59. The number of aromatic nitrogens is 4. The summed E-state index contributed by atoms with van der Waals surface area (Å²) in [4.78, 5) is 12.8. The molecule has 2 aromatic rings. The van der Waals surface area contributed by atoms with Gasteiger partial charge >= 0.3 is 0 Å². The van der Waals surface area contributed by atoms with Gasteiger partial charge in [-0.25, -0.2) is 19.1 Å². The highest BCUT2D eigenvalue weighted by Gasteiger charge is 2.67. The number of hydrogen-bond acceptors (Lipinski definition) is 11. The second-order valence-corrected chi connectivity index (χ2v) is 24.4. The second kappa shape index (κ2) is 9.32. The number of hydrogen-bond donors (Lipinski definition) is 2. The number of nitrogens with zero attached hydrogens (tertiary/aromatic N) is 4. The summed E-state index contributed by atoms with van der Waals surface area (Å²) in [6, 6.07) is 0. The normalized spacial score (nSPS) is 27.9. The molecule has 1 saturated heterocycles. The zero-order valence-electron chi connectivity index (χ0n) is 24.5. The largest absolute Gasteiger partial charge is 0.414 e. The third kappa shape index (κ3) is 5.06. The van der Waals surface area contributed by atoms with E-state index in [0.717, 1.165) is 5.41 Å². The zero-order chi connectivity index (χ0) is 29.4. The quantitative estimate of drug-likeness (QED) is 0.368. The van der Waals surface area contributed by atoms with Crippen molar-refractivity contribution < 1.29 is 26.2 Å². The van der Waals surface area contributed by atoms with Crippen LogP contribution >= 0.6 is 0 Å². The molecule has 2 aliphatic rings. The van der Waals surface area contributed by atoms with Gasteiger partial charge < -0.3 is 25.1 Å². The average molecular weight is 599 g/mol. The minimum absolute atomic E-state index is 0.0103. The van der Waals surface area contributed by atoms with Crippen molar-refractivity contribution in [1.82, 2.24) is 19.5 Å². The number of nitrogen functional groups attached to an aromatic ring is 1. The van der Waals surface area contributed by atoms with E-state index in [1.165, 1.54) is 12.7 Å². The molecule has 39 heavy (non-hydrogen) atoms. The summed E-state index contributed by atoms with van der Waals surface area (Å²) >= 11 is 0. The summed E-state index contributed by atoms with van der Waals surface area (Å²) < 4.78 is 53.5. The molecule has 2 aromatic heterocycles. The molecule has 1 spiro atoms. The fourth-order valence-corrected chi connectivity index (χ4v) is 7.78. The van der Waals surface area contributed by atoms with Gasteiger partial charge in [0.05, 0.1) is 24.0 Å². The fraction of sp³-hybridized carbons (Fsp3) is 0.708. The Morgan fingerprint density at radius 2 is 1.64 bits per heavy atom. The second-order valence-electron chi connectivity index (χ2n) is 13.4. The lowest BCUT2D eigenvalue weighted by molar-refractivity contribution is -0.0535. The van der Waals surface area contributed by atoms with E-state index < -0.39 is 50.8 Å². The molecule has 2 aliphatic heterocycles. The molecule has 12 nitrogen and oxygen atoms in total. The van der Waals surface area contributed by atoms with Gasteiger partial charge in [-0.15, -0.1) is 0 Å². The van der Waals surface area contributed by atoms with E-state index >= 15 is 0 Å². The molecule has 15 heteroatoms. The Morgan fingerprint density at radius 3 is 2.18 bits per heavy atom. The van der Waals surface area contributed by atoms with Crippen molar-refractivity contribution in [2.24, 2.45) is 5.73 Å². The average Bonchev–Trinajstić information content (AvgIpc) is 3.38. The van der Waals surface area contributed by atoms with Crippen LogP contribution < -0.4 is 11.5 Å². The van der Waals surface area contributed by atoms with Crippen LogP contribution in [0.2, 0.25) is 36.3 Å². The predicted molar refractivity (Wildman–Crippen MR) is 154 cm³/mol. The molecule has 0 aromatic carbocycles. The van der Waals surface area contributed by atoms with Gasteiger partial charge in [-0.05, 0) is 36.3 Å². The molecule has 218 valence electrons. The highest BCUT2D eigenvalue weighted by atomic mass is 32.2. The lowest BCUT2D eigenvalue weighted by Gasteiger charge is -2.43. The highest BCUT2D eigenvalue weighted by Crippen LogP contribution is 2.52. The molecule has 0 saturated carbocycles. The van der Waals surface area contributed by atoms with E-state index in [9.17, 15) is 8.42 Å². The number of ether oxygens (including phenoxy) is 1. The minimum Gasteiger partial charge on any atom is -0.414 e. The molecule has 0 amide bonds. The number of nitrogens with two attached hydrogens (primary N) is 2. The van der Waals surface area contributed by atoms with Gasteiger partial charge in [-0.3, -0.25) is 4.57 Å². The van der Waals surface area contributed by atoms with Gasteiger partial charge in [-0.2, -0.15) is 8.42 Å². The van der Waals surface area contributed by atoms with Crippen LogP contribution in [-0.4, -0.2) is 69.0 Å². The third-order valence-corrected chi connectivity index (χ3v) is 18.7. The van der Waals surface area contributed by atoms with Crippen LogP contribution in [-0.2, 0) is 27.9 Å². The fourth-order valence-electron chi connectivity index (χ4n) is 4.27. The first kappa shape index (κ1) is 30.1. The van der Waals surface area contributed by atoms with Crippen LogP contribution in [0.15, 0.2) is 23.8 Å². The summed E-state index contributed by atoms with van der Waals surface area (Å²) in [6.45, 7) is 21.1. The Bertz CT molecular complexity index is 1400. The predicted octanol–water partition coefficient (Wildman–Crippen LogP) is 3.62. The Kier molecular flexibility index (Phi) is 7.19. The molecule has 4 heterocycles. The Hall–Kier alpha value is -1.89. The molecule has 0 radical (unpaired) electrons. The zero-order valence-corrected chi connectivity index (χ0v) is 27.3. The first-order valence-electron chi connectivity index (χ1n) is 13.0. The van der Waals surface area contributed by atoms with Crippen molar-refractivity contribution in [2.75, 3.05) is 12.3 Å². The number of rotatable bonds is 6. The van der Waals surface area contributed by atoms with E-state index in [0.29, 0.717) is 11.2 Å². The number of anilines is 1.